The number of anilines is 1. The van der Waals surface area contributed by atoms with Gasteiger partial charge < -0.3 is 16.2 Å². The summed E-state index contributed by atoms with van der Waals surface area (Å²) in [6.07, 6.45) is 1.93. The van der Waals surface area contributed by atoms with E-state index in [-0.39, 0.29) is 18.1 Å². The number of aromatic nitrogens is 2. The van der Waals surface area contributed by atoms with Gasteiger partial charge in [0, 0.05) is 24.0 Å². The molecule has 1 amide bonds. The van der Waals surface area contributed by atoms with E-state index in [1.54, 1.807) is 24.3 Å². The van der Waals surface area contributed by atoms with Gasteiger partial charge in [-0.2, -0.15) is 0 Å². The maximum atomic E-state index is 11.8. The van der Waals surface area contributed by atoms with Crippen LogP contribution in [0, 0.1) is 0 Å². The van der Waals surface area contributed by atoms with E-state index < -0.39 is 12.0 Å². The van der Waals surface area contributed by atoms with Crippen LogP contribution in [-0.2, 0) is 0 Å². The topological polar surface area (TPSA) is 101 Å². The number of aliphatic hydroxyl groups is 1. The van der Waals surface area contributed by atoms with Gasteiger partial charge in [-0.05, 0) is 17.7 Å². The number of nitrogens with zero attached hydrogens (tertiary/aromatic N) is 2. The smallest absolute Gasteiger partial charge is 0.273 e. The number of rotatable bonds is 4. The maximum Gasteiger partial charge on any atom is 0.273 e. The van der Waals surface area contributed by atoms with Crippen LogP contribution in [0.5, 0.6) is 0 Å². The SMILES string of the molecule is Nc1nccnc1C(=O)NCC(O)c1ccc(Cl)cc1. The molecule has 0 aliphatic heterocycles. The summed E-state index contributed by atoms with van der Waals surface area (Å²) >= 11 is 5.76. The van der Waals surface area contributed by atoms with Gasteiger partial charge >= 0.3 is 0 Å². The Morgan fingerprint density at radius 2 is 1.95 bits per heavy atom. The van der Waals surface area contributed by atoms with Crippen molar-refractivity contribution in [2.45, 2.75) is 6.10 Å². The summed E-state index contributed by atoms with van der Waals surface area (Å²) in [5.41, 5.74) is 6.24. The lowest BCUT2D eigenvalue weighted by Crippen LogP contribution is -2.29. The van der Waals surface area contributed by atoms with Crippen molar-refractivity contribution in [2.75, 3.05) is 12.3 Å². The third-order valence-electron chi connectivity index (χ3n) is 2.65. The van der Waals surface area contributed by atoms with Crippen molar-refractivity contribution in [3.63, 3.8) is 0 Å². The molecule has 2 aromatic rings. The van der Waals surface area contributed by atoms with Gasteiger partial charge in [0.1, 0.15) is 0 Å². The van der Waals surface area contributed by atoms with Crippen LogP contribution >= 0.6 is 11.6 Å². The number of aliphatic hydroxyl groups excluding tert-OH is 1. The highest BCUT2D eigenvalue weighted by molar-refractivity contribution is 6.30. The van der Waals surface area contributed by atoms with Gasteiger partial charge in [-0.15, -0.1) is 0 Å². The molecule has 1 unspecified atom stereocenters. The predicted octanol–water partition coefficient (Wildman–Crippen LogP) is 1.18. The molecule has 2 rings (SSSR count). The van der Waals surface area contributed by atoms with E-state index in [0.29, 0.717) is 10.6 Å². The Kier molecular flexibility index (Phi) is 4.49. The Labute approximate surface area is 120 Å². The average Bonchev–Trinajstić information content (AvgIpc) is 2.45. The third kappa shape index (κ3) is 3.43. The Morgan fingerprint density at radius 3 is 2.60 bits per heavy atom. The lowest BCUT2D eigenvalue weighted by Gasteiger charge is -2.12. The number of nitrogens with one attached hydrogen (secondary N) is 1. The standard InChI is InChI=1S/C13H13ClN4O2/c14-9-3-1-8(2-4-9)10(19)7-18-13(20)11-12(15)17-6-5-16-11/h1-6,10,19H,7H2,(H2,15,17)(H,18,20). The minimum absolute atomic E-state index is 0.0378. The Balaban J connectivity index is 1.97. The van der Waals surface area contributed by atoms with Crippen LogP contribution in [0.4, 0.5) is 5.82 Å². The number of hydrogen-bond acceptors (Lipinski definition) is 5. The van der Waals surface area contributed by atoms with E-state index in [1.165, 1.54) is 12.4 Å². The Hall–Kier alpha value is -2.18. The largest absolute Gasteiger partial charge is 0.387 e. The molecule has 0 fully saturated rings. The molecule has 1 heterocycles. The molecule has 0 aliphatic rings. The molecular weight excluding hydrogens is 280 g/mol. The van der Waals surface area contributed by atoms with Crippen molar-refractivity contribution in [2.24, 2.45) is 0 Å². The van der Waals surface area contributed by atoms with Gasteiger partial charge in [0.2, 0.25) is 0 Å². The van der Waals surface area contributed by atoms with E-state index in [4.69, 9.17) is 17.3 Å². The second kappa shape index (κ2) is 6.31. The van der Waals surface area contributed by atoms with Gasteiger partial charge in [0.05, 0.1) is 6.10 Å². The highest BCUT2D eigenvalue weighted by Crippen LogP contribution is 2.15. The summed E-state index contributed by atoms with van der Waals surface area (Å²) in [4.78, 5) is 19.4. The fourth-order valence-electron chi connectivity index (χ4n) is 1.60. The molecule has 1 aromatic heterocycles. The van der Waals surface area contributed by atoms with Crippen LogP contribution in [0.2, 0.25) is 5.02 Å². The summed E-state index contributed by atoms with van der Waals surface area (Å²) in [5, 5.41) is 13.1. The number of benzene rings is 1. The highest BCUT2D eigenvalue weighted by Gasteiger charge is 2.14. The van der Waals surface area contributed by atoms with Crippen molar-refractivity contribution in [1.29, 1.82) is 0 Å². The van der Waals surface area contributed by atoms with Gasteiger partial charge in [-0.1, -0.05) is 23.7 Å². The van der Waals surface area contributed by atoms with Crippen LogP contribution in [0.3, 0.4) is 0 Å². The maximum absolute atomic E-state index is 11.8. The molecular formula is C13H13ClN4O2. The number of carbonyl (C=O) groups is 1. The van der Waals surface area contributed by atoms with Crippen LogP contribution in [-0.4, -0.2) is 27.5 Å². The fourth-order valence-corrected chi connectivity index (χ4v) is 1.73. The normalized spacial score (nSPS) is 11.9. The zero-order valence-corrected chi connectivity index (χ0v) is 11.2. The van der Waals surface area contributed by atoms with Crippen molar-refractivity contribution in [1.82, 2.24) is 15.3 Å². The summed E-state index contributed by atoms with van der Waals surface area (Å²) in [6.45, 7) is 0.0382. The van der Waals surface area contributed by atoms with Crippen LogP contribution < -0.4 is 11.1 Å². The van der Waals surface area contributed by atoms with E-state index >= 15 is 0 Å². The second-order valence-electron chi connectivity index (χ2n) is 4.07. The number of amides is 1. The van der Waals surface area contributed by atoms with Crippen molar-refractivity contribution in [3.05, 3.63) is 52.9 Å². The highest BCUT2D eigenvalue weighted by atomic mass is 35.5. The molecule has 6 nitrogen and oxygen atoms in total. The predicted molar refractivity (Wildman–Crippen MR) is 75.2 cm³/mol. The molecule has 20 heavy (non-hydrogen) atoms. The lowest BCUT2D eigenvalue weighted by molar-refractivity contribution is 0.0912. The van der Waals surface area contributed by atoms with Gasteiger partial charge in [0.25, 0.3) is 5.91 Å². The summed E-state index contributed by atoms with van der Waals surface area (Å²) < 4.78 is 0. The quantitative estimate of drug-likeness (QED) is 0.785. The zero-order valence-electron chi connectivity index (χ0n) is 10.5. The number of halogens is 1. The van der Waals surface area contributed by atoms with Crippen LogP contribution in [0.1, 0.15) is 22.2 Å². The van der Waals surface area contributed by atoms with Gasteiger partial charge in [0.15, 0.2) is 11.5 Å². The number of hydrogen-bond donors (Lipinski definition) is 3. The second-order valence-corrected chi connectivity index (χ2v) is 4.50. The molecule has 0 saturated heterocycles. The third-order valence-corrected chi connectivity index (χ3v) is 2.90. The molecule has 104 valence electrons. The van der Waals surface area contributed by atoms with E-state index in [0.717, 1.165) is 0 Å². The lowest BCUT2D eigenvalue weighted by atomic mass is 10.1. The molecule has 1 aromatic carbocycles. The minimum atomic E-state index is -0.839. The summed E-state index contributed by atoms with van der Waals surface area (Å²) in [6, 6.07) is 6.72. The first-order valence-corrected chi connectivity index (χ1v) is 6.24. The summed E-state index contributed by atoms with van der Waals surface area (Å²) in [7, 11) is 0. The fraction of sp³-hybridized carbons (Fsp3) is 0.154. The molecule has 0 bridgehead atoms. The molecule has 0 saturated carbocycles. The first kappa shape index (κ1) is 14.2. The minimum Gasteiger partial charge on any atom is -0.387 e. The first-order chi connectivity index (χ1) is 9.58. The molecule has 4 N–H and O–H groups in total. The number of nitrogens with two attached hydrogens (primary N) is 1. The van der Waals surface area contributed by atoms with Crippen molar-refractivity contribution in [3.8, 4) is 0 Å². The molecule has 1 atom stereocenters. The zero-order chi connectivity index (χ0) is 14.5. The monoisotopic (exact) mass is 292 g/mol. The molecule has 0 radical (unpaired) electrons. The van der Waals surface area contributed by atoms with Gasteiger partial charge in [-0.25, -0.2) is 9.97 Å². The van der Waals surface area contributed by atoms with Crippen LogP contribution in [0.25, 0.3) is 0 Å². The van der Waals surface area contributed by atoms with E-state index in [1.807, 2.05) is 0 Å². The van der Waals surface area contributed by atoms with E-state index in [2.05, 4.69) is 15.3 Å². The molecule has 0 aliphatic carbocycles. The Morgan fingerprint density at radius 1 is 1.30 bits per heavy atom. The van der Waals surface area contributed by atoms with E-state index in [9.17, 15) is 9.90 Å². The van der Waals surface area contributed by atoms with Crippen molar-refractivity contribution >= 4 is 23.3 Å². The first-order valence-electron chi connectivity index (χ1n) is 5.86. The summed E-state index contributed by atoms with van der Waals surface area (Å²) in [5.74, 6) is -0.436. The molecule has 7 heteroatoms. The molecule has 0 spiro atoms. The average molecular weight is 293 g/mol. The van der Waals surface area contributed by atoms with Crippen molar-refractivity contribution < 1.29 is 9.90 Å². The van der Waals surface area contributed by atoms with Gasteiger partial charge in [-0.3, -0.25) is 4.79 Å². The number of nitrogen functional groups attached to an aromatic ring is 1. The Bertz CT molecular complexity index is 604. The van der Waals surface area contributed by atoms with Crippen LogP contribution in [0.15, 0.2) is 36.7 Å². The number of carbonyl (C=O) groups excluding carboxylic acids is 1.